The molecular weight excluding hydrogens is 323 g/mol. The number of nitrogens with zero attached hydrogens (tertiary/aromatic N) is 2. The summed E-state index contributed by atoms with van der Waals surface area (Å²) in [5.41, 5.74) is 1.07. The van der Waals surface area contributed by atoms with Gasteiger partial charge in [0.05, 0.1) is 16.7 Å². The van der Waals surface area contributed by atoms with E-state index in [9.17, 15) is 15.2 Å². The maximum absolute atomic E-state index is 10.6. The first-order valence-electron chi connectivity index (χ1n) is 4.95. The lowest BCUT2D eigenvalue weighted by atomic mass is 10.2. The van der Waals surface area contributed by atoms with Crippen LogP contribution in [-0.2, 0) is 0 Å². The number of nitro groups is 1. The summed E-state index contributed by atoms with van der Waals surface area (Å²) >= 11 is 2.09. The average molecular weight is 334 g/mol. The quantitative estimate of drug-likeness (QED) is 0.509. The van der Waals surface area contributed by atoms with E-state index in [1.165, 1.54) is 6.07 Å². The van der Waals surface area contributed by atoms with Crippen LogP contribution in [0.25, 0.3) is 0 Å². The predicted octanol–water partition coefficient (Wildman–Crippen LogP) is 1.77. The number of benzene rings is 1. The van der Waals surface area contributed by atoms with Crippen LogP contribution in [-0.4, -0.2) is 29.2 Å². The Morgan fingerprint density at radius 3 is 2.81 bits per heavy atom. The van der Waals surface area contributed by atoms with Gasteiger partial charge in [0, 0.05) is 28.8 Å². The van der Waals surface area contributed by atoms with Gasteiger partial charge in [-0.1, -0.05) is 0 Å². The first-order chi connectivity index (χ1) is 7.58. The summed E-state index contributed by atoms with van der Waals surface area (Å²) in [6, 6.07) is 4.81. The minimum absolute atomic E-state index is 0.105. The third-order valence-electron chi connectivity index (χ3n) is 2.65. The molecular formula is C10H11IN2O3. The molecule has 5 nitrogen and oxygen atoms in total. The van der Waals surface area contributed by atoms with Crippen LogP contribution >= 0.6 is 22.6 Å². The molecule has 0 amide bonds. The summed E-state index contributed by atoms with van der Waals surface area (Å²) in [4.78, 5) is 12.2. The summed E-state index contributed by atoms with van der Waals surface area (Å²) in [6.45, 7) is 1.41. The monoisotopic (exact) mass is 334 g/mol. The topological polar surface area (TPSA) is 66.6 Å². The zero-order valence-electron chi connectivity index (χ0n) is 8.47. The van der Waals surface area contributed by atoms with Gasteiger partial charge in [-0.2, -0.15) is 0 Å². The molecule has 0 unspecified atom stereocenters. The van der Waals surface area contributed by atoms with Gasteiger partial charge < -0.3 is 10.0 Å². The molecule has 1 N–H and O–H groups in total. The molecule has 2 rings (SSSR count). The van der Waals surface area contributed by atoms with Crippen LogP contribution in [0.15, 0.2) is 18.2 Å². The van der Waals surface area contributed by atoms with Crippen LogP contribution in [0.3, 0.4) is 0 Å². The van der Waals surface area contributed by atoms with Crippen LogP contribution in [0.5, 0.6) is 0 Å². The van der Waals surface area contributed by atoms with Crippen molar-refractivity contribution in [3.8, 4) is 0 Å². The van der Waals surface area contributed by atoms with Crippen LogP contribution in [0.2, 0.25) is 0 Å². The van der Waals surface area contributed by atoms with E-state index in [4.69, 9.17) is 0 Å². The van der Waals surface area contributed by atoms with Gasteiger partial charge in [0.1, 0.15) is 0 Å². The molecule has 1 aromatic carbocycles. The smallest absolute Gasteiger partial charge is 0.270 e. The Labute approximate surface area is 106 Å². The van der Waals surface area contributed by atoms with Gasteiger partial charge in [0.25, 0.3) is 5.69 Å². The molecule has 1 fully saturated rings. The minimum Gasteiger partial charge on any atom is -0.391 e. The molecule has 0 bridgehead atoms. The molecule has 1 aliphatic rings. The molecule has 1 aromatic rings. The number of hydrogen-bond donors (Lipinski definition) is 1. The average Bonchev–Trinajstić information content (AvgIpc) is 2.64. The molecule has 0 aromatic heterocycles. The van der Waals surface area contributed by atoms with Crippen LogP contribution < -0.4 is 4.90 Å². The van der Waals surface area contributed by atoms with E-state index in [1.807, 2.05) is 0 Å². The highest BCUT2D eigenvalue weighted by molar-refractivity contribution is 14.1. The van der Waals surface area contributed by atoms with Crippen LogP contribution in [0.1, 0.15) is 6.42 Å². The Hall–Kier alpha value is -0.890. The second-order valence-electron chi connectivity index (χ2n) is 3.78. The first-order valence-corrected chi connectivity index (χ1v) is 6.03. The molecule has 6 heteroatoms. The Kier molecular flexibility index (Phi) is 3.29. The van der Waals surface area contributed by atoms with E-state index in [1.54, 1.807) is 12.1 Å². The van der Waals surface area contributed by atoms with E-state index in [-0.39, 0.29) is 11.8 Å². The highest BCUT2D eigenvalue weighted by Crippen LogP contribution is 2.29. The van der Waals surface area contributed by atoms with Crippen molar-refractivity contribution in [2.24, 2.45) is 0 Å². The third-order valence-corrected chi connectivity index (χ3v) is 3.51. The molecule has 0 aliphatic carbocycles. The second-order valence-corrected chi connectivity index (χ2v) is 4.94. The molecule has 86 valence electrons. The van der Waals surface area contributed by atoms with Gasteiger partial charge in [-0.3, -0.25) is 10.1 Å². The van der Waals surface area contributed by atoms with Crippen molar-refractivity contribution in [2.45, 2.75) is 12.5 Å². The highest BCUT2D eigenvalue weighted by Gasteiger charge is 2.22. The number of rotatable bonds is 2. The molecule has 0 spiro atoms. The second kappa shape index (κ2) is 4.54. The summed E-state index contributed by atoms with van der Waals surface area (Å²) in [7, 11) is 0. The SMILES string of the molecule is O=[N+]([O-])c1ccc(N2CC[C@@H](O)C2)c(I)c1. The lowest BCUT2D eigenvalue weighted by Crippen LogP contribution is -2.21. The van der Waals surface area contributed by atoms with Gasteiger partial charge >= 0.3 is 0 Å². The van der Waals surface area contributed by atoms with E-state index in [2.05, 4.69) is 27.5 Å². The normalized spacial score (nSPS) is 20.1. The predicted molar refractivity (Wildman–Crippen MR) is 68.7 cm³/mol. The van der Waals surface area contributed by atoms with Crippen molar-refractivity contribution in [1.29, 1.82) is 0 Å². The summed E-state index contributed by atoms with van der Waals surface area (Å²) < 4.78 is 0.848. The van der Waals surface area contributed by atoms with Gasteiger partial charge in [-0.25, -0.2) is 0 Å². The number of β-amino-alcohol motifs (C(OH)–C–C–N with tert-alkyl or cyclic N) is 1. The standard InChI is InChI=1S/C10H11IN2O3/c11-9-5-7(13(15)16)1-2-10(9)12-4-3-8(14)6-12/h1-2,5,8,14H,3-4,6H2/t8-/m1/s1. The van der Waals surface area contributed by atoms with Crippen molar-refractivity contribution in [1.82, 2.24) is 0 Å². The Bertz CT molecular complexity index is 425. The number of non-ortho nitro benzene ring substituents is 1. The Morgan fingerprint density at radius 2 is 2.31 bits per heavy atom. The maximum Gasteiger partial charge on any atom is 0.270 e. The molecule has 1 atom stereocenters. The fourth-order valence-corrected chi connectivity index (χ4v) is 2.67. The van der Waals surface area contributed by atoms with E-state index in [0.29, 0.717) is 6.54 Å². The lowest BCUT2D eigenvalue weighted by molar-refractivity contribution is -0.384. The number of anilines is 1. The Morgan fingerprint density at radius 1 is 1.56 bits per heavy atom. The van der Waals surface area contributed by atoms with Crippen molar-refractivity contribution >= 4 is 34.0 Å². The number of aliphatic hydroxyl groups excluding tert-OH is 1. The molecule has 16 heavy (non-hydrogen) atoms. The zero-order valence-corrected chi connectivity index (χ0v) is 10.6. The first kappa shape index (κ1) is 11.6. The molecule has 1 aliphatic heterocycles. The van der Waals surface area contributed by atoms with Gasteiger partial charge in [-0.05, 0) is 35.1 Å². The molecule has 1 heterocycles. The molecule has 0 radical (unpaired) electrons. The fourth-order valence-electron chi connectivity index (χ4n) is 1.83. The van der Waals surface area contributed by atoms with Crippen molar-refractivity contribution in [2.75, 3.05) is 18.0 Å². The van der Waals surface area contributed by atoms with E-state index < -0.39 is 4.92 Å². The molecule has 0 saturated carbocycles. The maximum atomic E-state index is 10.6. The highest BCUT2D eigenvalue weighted by atomic mass is 127. The zero-order chi connectivity index (χ0) is 11.7. The summed E-state index contributed by atoms with van der Waals surface area (Å²) in [5, 5.41) is 20.0. The summed E-state index contributed by atoms with van der Waals surface area (Å²) in [6.07, 6.45) is 0.471. The molecule has 1 saturated heterocycles. The van der Waals surface area contributed by atoms with E-state index >= 15 is 0 Å². The lowest BCUT2D eigenvalue weighted by Gasteiger charge is -2.19. The minimum atomic E-state index is -0.398. The number of hydrogen-bond acceptors (Lipinski definition) is 4. The van der Waals surface area contributed by atoms with Crippen molar-refractivity contribution < 1.29 is 10.0 Å². The number of nitro benzene ring substituents is 1. The van der Waals surface area contributed by atoms with Crippen LogP contribution in [0, 0.1) is 13.7 Å². The largest absolute Gasteiger partial charge is 0.391 e. The summed E-state index contributed by atoms with van der Waals surface area (Å²) in [5.74, 6) is 0. The van der Waals surface area contributed by atoms with Gasteiger partial charge in [0.15, 0.2) is 0 Å². The van der Waals surface area contributed by atoms with Gasteiger partial charge in [0.2, 0.25) is 0 Å². The van der Waals surface area contributed by atoms with Crippen LogP contribution in [0.4, 0.5) is 11.4 Å². The number of halogens is 1. The van der Waals surface area contributed by atoms with Gasteiger partial charge in [-0.15, -0.1) is 0 Å². The number of aliphatic hydroxyl groups is 1. The van der Waals surface area contributed by atoms with Crippen molar-refractivity contribution in [3.05, 3.63) is 31.9 Å². The fraction of sp³-hybridized carbons (Fsp3) is 0.400. The third kappa shape index (κ3) is 2.27. The van der Waals surface area contributed by atoms with Crippen molar-refractivity contribution in [3.63, 3.8) is 0 Å². The van der Waals surface area contributed by atoms with E-state index in [0.717, 1.165) is 22.2 Å². The Balaban J connectivity index is 2.26.